The Labute approximate surface area is 162 Å². The fourth-order valence-electron chi connectivity index (χ4n) is 3.41. The van der Waals surface area contributed by atoms with Gasteiger partial charge in [0.25, 0.3) is 0 Å². The van der Waals surface area contributed by atoms with Crippen LogP contribution in [-0.2, 0) is 17.8 Å². The molecule has 0 spiro atoms. The number of benzene rings is 1. The molecule has 0 fully saturated rings. The highest BCUT2D eigenvalue weighted by Gasteiger charge is 2.22. The smallest absolute Gasteiger partial charge is 0.337 e. The molecule has 0 aliphatic rings. The van der Waals surface area contributed by atoms with E-state index in [0.717, 1.165) is 29.9 Å². The minimum Gasteiger partial charge on any atom is -0.478 e. The second kappa shape index (κ2) is 9.72. The molecule has 27 heavy (non-hydrogen) atoms. The van der Waals surface area contributed by atoms with Crippen LogP contribution in [-0.4, -0.2) is 34.9 Å². The van der Waals surface area contributed by atoms with Gasteiger partial charge in [-0.3, -0.25) is 0 Å². The number of nitrogens with zero attached hydrogens (tertiary/aromatic N) is 1. The molecule has 1 aromatic heterocycles. The van der Waals surface area contributed by atoms with Crippen LogP contribution in [0.3, 0.4) is 0 Å². The van der Waals surface area contributed by atoms with Gasteiger partial charge in [-0.1, -0.05) is 29.8 Å². The van der Waals surface area contributed by atoms with E-state index in [0.29, 0.717) is 25.3 Å². The molecule has 2 aromatic rings. The van der Waals surface area contributed by atoms with Gasteiger partial charge in [0.15, 0.2) is 0 Å². The fraction of sp³-hybridized carbons (Fsp3) is 0.500. The second-order valence-corrected chi connectivity index (χ2v) is 7.35. The van der Waals surface area contributed by atoms with Crippen molar-refractivity contribution in [1.29, 1.82) is 0 Å². The molecular weight excluding hydrogens is 340 g/mol. The van der Waals surface area contributed by atoms with Crippen LogP contribution in [0.2, 0.25) is 0 Å². The maximum Gasteiger partial charge on any atom is 0.337 e. The standard InChI is InChI=1S/C22H32N2O3/c1-15(2)27-11-7-10-23-13-20-17(4)24(18(5)21(20)22(25)26)14-19-9-6-8-16(3)12-19/h6,8-9,12,15,23H,7,10-11,13-14H2,1-5H3,(H,25,26). The summed E-state index contributed by atoms with van der Waals surface area (Å²) in [7, 11) is 0. The third-order valence-electron chi connectivity index (χ3n) is 4.80. The summed E-state index contributed by atoms with van der Waals surface area (Å²) < 4.78 is 7.65. The van der Waals surface area contributed by atoms with Crippen molar-refractivity contribution < 1.29 is 14.6 Å². The van der Waals surface area contributed by atoms with E-state index >= 15 is 0 Å². The van der Waals surface area contributed by atoms with E-state index in [9.17, 15) is 9.90 Å². The zero-order valence-electron chi connectivity index (χ0n) is 17.1. The molecule has 0 unspecified atom stereocenters. The Morgan fingerprint density at radius 2 is 1.96 bits per heavy atom. The summed E-state index contributed by atoms with van der Waals surface area (Å²) in [5.41, 5.74) is 5.50. The number of rotatable bonds is 10. The minimum absolute atomic E-state index is 0.240. The number of hydrogen-bond donors (Lipinski definition) is 2. The van der Waals surface area contributed by atoms with Crippen molar-refractivity contribution in [3.8, 4) is 0 Å². The molecule has 0 bridgehead atoms. The van der Waals surface area contributed by atoms with Crippen molar-refractivity contribution in [1.82, 2.24) is 9.88 Å². The summed E-state index contributed by atoms with van der Waals surface area (Å²) in [4.78, 5) is 11.9. The molecule has 2 rings (SSSR count). The Hall–Kier alpha value is -2.11. The molecule has 0 saturated carbocycles. The van der Waals surface area contributed by atoms with Gasteiger partial charge in [0.1, 0.15) is 0 Å². The van der Waals surface area contributed by atoms with E-state index < -0.39 is 5.97 Å². The fourth-order valence-corrected chi connectivity index (χ4v) is 3.41. The summed E-state index contributed by atoms with van der Waals surface area (Å²) in [6, 6.07) is 8.34. The maximum atomic E-state index is 11.9. The van der Waals surface area contributed by atoms with Gasteiger partial charge >= 0.3 is 5.97 Å². The van der Waals surface area contributed by atoms with Gasteiger partial charge in [0.2, 0.25) is 0 Å². The van der Waals surface area contributed by atoms with Gasteiger partial charge in [-0.2, -0.15) is 0 Å². The highest BCUT2D eigenvalue weighted by molar-refractivity contribution is 5.91. The number of hydrogen-bond acceptors (Lipinski definition) is 3. The normalized spacial score (nSPS) is 11.3. The van der Waals surface area contributed by atoms with E-state index in [1.54, 1.807) is 0 Å². The zero-order chi connectivity index (χ0) is 20.0. The summed E-state index contributed by atoms with van der Waals surface area (Å²) in [6.45, 7) is 12.8. The average molecular weight is 373 g/mol. The number of aryl methyl sites for hydroxylation is 1. The summed E-state index contributed by atoms with van der Waals surface area (Å²) in [5.74, 6) is -0.862. The van der Waals surface area contributed by atoms with Crippen LogP contribution in [0.5, 0.6) is 0 Å². The first-order chi connectivity index (χ1) is 12.8. The zero-order valence-corrected chi connectivity index (χ0v) is 17.1. The van der Waals surface area contributed by atoms with Gasteiger partial charge in [-0.05, 0) is 53.1 Å². The lowest BCUT2D eigenvalue weighted by Gasteiger charge is -2.11. The van der Waals surface area contributed by atoms with Crippen LogP contribution in [0.15, 0.2) is 24.3 Å². The SMILES string of the molecule is Cc1cccc(Cn2c(C)c(CNCCCOC(C)C)c(C(=O)O)c2C)c1. The Balaban J connectivity index is 2.13. The highest BCUT2D eigenvalue weighted by atomic mass is 16.5. The van der Waals surface area contributed by atoms with Crippen LogP contribution >= 0.6 is 0 Å². The Bertz CT molecular complexity index is 778. The lowest BCUT2D eigenvalue weighted by molar-refractivity contribution is 0.0693. The average Bonchev–Trinajstić information content (AvgIpc) is 2.82. The first-order valence-corrected chi connectivity index (χ1v) is 9.61. The number of nitrogens with one attached hydrogen (secondary N) is 1. The second-order valence-electron chi connectivity index (χ2n) is 7.35. The highest BCUT2D eigenvalue weighted by Crippen LogP contribution is 2.24. The van der Waals surface area contributed by atoms with Crippen molar-refractivity contribution in [3.05, 3.63) is 57.9 Å². The molecule has 148 valence electrons. The summed E-state index contributed by atoms with van der Waals surface area (Å²) >= 11 is 0. The lowest BCUT2D eigenvalue weighted by atomic mass is 10.1. The lowest BCUT2D eigenvalue weighted by Crippen LogP contribution is -2.19. The largest absolute Gasteiger partial charge is 0.478 e. The molecule has 5 heteroatoms. The van der Waals surface area contributed by atoms with E-state index in [2.05, 4.69) is 35.0 Å². The van der Waals surface area contributed by atoms with E-state index in [1.807, 2.05) is 33.8 Å². The molecule has 0 radical (unpaired) electrons. The van der Waals surface area contributed by atoms with Crippen LogP contribution in [0.4, 0.5) is 0 Å². The van der Waals surface area contributed by atoms with E-state index in [-0.39, 0.29) is 6.10 Å². The number of carbonyl (C=O) groups is 1. The Morgan fingerprint density at radius 3 is 2.59 bits per heavy atom. The summed E-state index contributed by atoms with van der Waals surface area (Å²) in [5, 5.41) is 13.1. The minimum atomic E-state index is -0.862. The molecule has 0 amide bonds. The first kappa shape index (κ1) is 21.2. The van der Waals surface area contributed by atoms with Gasteiger partial charge in [-0.25, -0.2) is 4.79 Å². The molecule has 5 nitrogen and oxygen atoms in total. The molecule has 1 aromatic carbocycles. The van der Waals surface area contributed by atoms with Crippen molar-refractivity contribution in [2.75, 3.05) is 13.2 Å². The van der Waals surface area contributed by atoms with Crippen molar-refractivity contribution in [3.63, 3.8) is 0 Å². The first-order valence-electron chi connectivity index (χ1n) is 9.61. The van der Waals surface area contributed by atoms with Gasteiger partial charge in [-0.15, -0.1) is 0 Å². The summed E-state index contributed by atoms with van der Waals surface area (Å²) in [6.07, 6.45) is 1.15. The Kier molecular flexibility index (Phi) is 7.63. The van der Waals surface area contributed by atoms with Crippen molar-refractivity contribution >= 4 is 5.97 Å². The third-order valence-corrected chi connectivity index (χ3v) is 4.80. The topological polar surface area (TPSA) is 63.5 Å². The van der Waals surface area contributed by atoms with E-state index in [4.69, 9.17) is 4.74 Å². The van der Waals surface area contributed by atoms with E-state index in [1.165, 1.54) is 11.1 Å². The molecule has 1 heterocycles. The predicted octanol–water partition coefficient (Wildman–Crippen LogP) is 4.06. The number of carboxylic acids is 1. The molecule has 0 saturated heterocycles. The van der Waals surface area contributed by atoms with Gasteiger partial charge in [0.05, 0.1) is 11.7 Å². The molecule has 0 aliphatic heterocycles. The van der Waals surface area contributed by atoms with Crippen molar-refractivity contribution in [2.24, 2.45) is 0 Å². The third kappa shape index (κ3) is 5.68. The number of carboxylic acid groups (broad SMARTS) is 1. The monoisotopic (exact) mass is 372 g/mol. The maximum absolute atomic E-state index is 11.9. The predicted molar refractivity (Wildman–Crippen MR) is 109 cm³/mol. The number of aromatic nitrogens is 1. The van der Waals surface area contributed by atoms with Crippen molar-refractivity contribution in [2.45, 2.75) is 60.2 Å². The van der Waals surface area contributed by atoms with Gasteiger partial charge in [0, 0.05) is 36.6 Å². The number of ether oxygens (including phenoxy) is 1. The van der Waals surface area contributed by atoms with Crippen LogP contribution < -0.4 is 5.32 Å². The Morgan fingerprint density at radius 1 is 1.22 bits per heavy atom. The van der Waals surface area contributed by atoms with Gasteiger partial charge < -0.3 is 19.7 Å². The molecule has 0 aliphatic carbocycles. The molecule has 0 atom stereocenters. The quantitative estimate of drug-likeness (QED) is 0.617. The number of aromatic carboxylic acids is 1. The molecule has 2 N–H and O–H groups in total. The molecular formula is C22H32N2O3. The van der Waals surface area contributed by atoms with Crippen LogP contribution in [0.1, 0.15) is 58.7 Å². The van der Waals surface area contributed by atoms with Crippen LogP contribution in [0, 0.1) is 20.8 Å². The van der Waals surface area contributed by atoms with Crippen LogP contribution in [0.25, 0.3) is 0 Å².